The maximum atomic E-state index is 13.8. The molecule has 0 aliphatic carbocycles. The second-order valence-electron chi connectivity index (χ2n) is 4.42. The van der Waals surface area contributed by atoms with Crippen molar-refractivity contribution in [3.05, 3.63) is 58.4 Å². The summed E-state index contributed by atoms with van der Waals surface area (Å²) in [4.78, 5) is 0.673. The molecule has 0 saturated carbocycles. The fourth-order valence-corrected chi connectivity index (χ4v) is 3.34. The Bertz CT molecular complexity index is 601. The summed E-state index contributed by atoms with van der Waals surface area (Å²) in [6, 6.07) is 11.0. The first-order valence-electron chi connectivity index (χ1n) is 6.52. The predicted octanol–water partition coefficient (Wildman–Crippen LogP) is 5.38. The van der Waals surface area contributed by atoms with E-state index in [0.29, 0.717) is 15.7 Å². The first-order chi connectivity index (χ1) is 9.65. The van der Waals surface area contributed by atoms with Gasteiger partial charge in [0.05, 0.1) is 0 Å². The van der Waals surface area contributed by atoms with Gasteiger partial charge in [0, 0.05) is 34.0 Å². The van der Waals surface area contributed by atoms with E-state index in [1.807, 2.05) is 37.4 Å². The highest BCUT2D eigenvalue weighted by Gasteiger charge is 2.09. The van der Waals surface area contributed by atoms with Crippen LogP contribution in [0.5, 0.6) is 0 Å². The molecule has 106 valence electrons. The van der Waals surface area contributed by atoms with Crippen molar-refractivity contribution >= 4 is 29.1 Å². The van der Waals surface area contributed by atoms with Crippen molar-refractivity contribution in [2.75, 3.05) is 12.4 Å². The fourth-order valence-electron chi connectivity index (χ4n) is 1.97. The van der Waals surface area contributed by atoms with Gasteiger partial charge in [0.1, 0.15) is 5.82 Å². The van der Waals surface area contributed by atoms with Crippen molar-refractivity contribution in [3.8, 4) is 0 Å². The van der Waals surface area contributed by atoms with E-state index < -0.39 is 0 Å². The zero-order valence-corrected chi connectivity index (χ0v) is 13.1. The molecule has 0 aliphatic rings. The van der Waals surface area contributed by atoms with Crippen molar-refractivity contribution in [3.63, 3.8) is 0 Å². The summed E-state index contributed by atoms with van der Waals surface area (Å²) in [5, 5.41) is 3.82. The van der Waals surface area contributed by atoms with Gasteiger partial charge in [-0.05, 0) is 36.2 Å². The Kier molecular flexibility index (Phi) is 5.32. The molecule has 2 aromatic carbocycles. The SMILES string of the molecule is CCc1ccc(F)c(SCc2c(Cl)cccc2NC)c1. The first kappa shape index (κ1) is 15.2. The van der Waals surface area contributed by atoms with Crippen LogP contribution in [0.1, 0.15) is 18.1 Å². The summed E-state index contributed by atoms with van der Waals surface area (Å²) in [6.45, 7) is 2.06. The van der Waals surface area contributed by atoms with E-state index >= 15 is 0 Å². The zero-order chi connectivity index (χ0) is 14.5. The molecule has 1 nitrogen and oxygen atoms in total. The van der Waals surface area contributed by atoms with Crippen LogP contribution in [0.25, 0.3) is 0 Å². The molecule has 2 rings (SSSR count). The molecule has 20 heavy (non-hydrogen) atoms. The Morgan fingerprint density at radius 2 is 2.05 bits per heavy atom. The number of anilines is 1. The van der Waals surface area contributed by atoms with Crippen LogP contribution in [0.4, 0.5) is 10.1 Å². The van der Waals surface area contributed by atoms with Crippen LogP contribution < -0.4 is 5.32 Å². The molecule has 0 saturated heterocycles. The normalized spacial score (nSPS) is 10.6. The molecule has 0 aromatic heterocycles. The summed E-state index contributed by atoms with van der Waals surface area (Å²) in [5.74, 6) is 0.463. The van der Waals surface area contributed by atoms with E-state index in [0.717, 1.165) is 23.2 Å². The van der Waals surface area contributed by atoms with Gasteiger partial charge in [-0.2, -0.15) is 0 Å². The average molecular weight is 310 g/mol. The maximum Gasteiger partial charge on any atom is 0.136 e. The minimum absolute atomic E-state index is 0.176. The minimum Gasteiger partial charge on any atom is -0.388 e. The molecule has 0 bridgehead atoms. The third kappa shape index (κ3) is 3.47. The topological polar surface area (TPSA) is 12.0 Å². The molecule has 2 aromatic rings. The van der Waals surface area contributed by atoms with Crippen LogP contribution in [0.15, 0.2) is 41.3 Å². The zero-order valence-electron chi connectivity index (χ0n) is 11.5. The highest BCUT2D eigenvalue weighted by Crippen LogP contribution is 2.33. The van der Waals surface area contributed by atoms with Gasteiger partial charge in [0.15, 0.2) is 0 Å². The number of nitrogens with one attached hydrogen (secondary N) is 1. The van der Waals surface area contributed by atoms with E-state index in [1.165, 1.54) is 17.8 Å². The van der Waals surface area contributed by atoms with Crippen LogP contribution >= 0.6 is 23.4 Å². The van der Waals surface area contributed by atoms with Gasteiger partial charge in [0.2, 0.25) is 0 Å². The van der Waals surface area contributed by atoms with Crippen LogP contribution in [0, 0.1) is 5.82 Å². The lowest BCUT2D eigenvalue weighted by Gasteiger charge is -2.11. The molecular weight excluding hydrogens is 293 g/mol. The molecule has 0 aliphatic heterocycles. The van der Waals surface area contributed by atoms with Crippen molar-refractivity contribution in [2.24, 2.45) is 0 Å². The van der Waals surface area contributed by atoms with Crippen LogP contribution in [0.3, 0.4) is 0 Å². The third-order valence-corrected chi connectivity index (χ3v) is 4.58. The lowest BCUT2D eigenvalue weighted by molar-refractivity contribution is 0.601. The fraction of sp³-hybridized carbons (Fsp3) is 0.250. The number of rotatable bonds is 5. The summed E-state index contributed by atoms with van der Waals surface area (Å²) in [6.07, 6.45) is 0.904. The van der Waals surface area contributed by atoms with Crippen molar-refractivity contribution in [1.29, 1.82) is 0 Å². The Morgan fingerprint density at radius 3 is 2.75 bits per heavy atom. The molecule has 1 N–H and O–H groups in total. The van der Waals surface area contributed by atoms with Crippen molar-refractivity contribution in [2.45, 2.75) is 24.0 Å². The van der Waals surface area contributed by atoms with Gasteiger partial charge < -0.3 is 5.32 Å². The van der Waals surface area contributed by atoms with Gasteiger partial charge in [-0.15, -0.1) is 11.8 Å². The highest BCUT2D eigenvalue weighted by atomic mass is 35.5. The minimum atomic E-state index is -0.176. The molecule has 0 radical (unpaired) electrons. The maximum absolute atomic E-state index is 13.8. The van der Waals surface area contributed by atoms with Gasteiger partial charge in [-0.25, -0.2) is 4.39 Å². The summed E-state index contributed by atoms with van der Waals surface area (Å²) < 4.78 is 13.8. The molecule has 0 heterocycles. The van der Waals surface area contributed by atoms with E-state index in [2.05, 4.69) is 12.2 Å². The average Bonchev–Trinajstić information content (AvgIpc) is 2.47. The Hall–Kier alpha value is -1.19. The number of hydrogen-bond acceptors (Lipinski definition) is 2. The number of halogens is 2. The molecule has 0 amide bonds. The number of thioether (sulfide) groups is 1. The molecule has 4 heteroatoms. The number of aryl methyl sites for hydroxylation is 1. The number of benzene rings is 2. The first-order valence-corrected chi connectivity index (χ1v) is 7.88. The lowest BCUT2D eigenvalue weighted by atomic mass is 10.2. The highest BCUT2D eigenvalue weighted by molar-refractivity contribution is 7.98. The predicted molar refractivity (Wildman–Crippen MR) is 86.3 cm³/mol. The van der Waals surface area contributed by atoms with Crippen molar-refractivity contribution < 1.29 is 4.39 Å². The molecular formula is C16H17ClFNS. The van der Waals surface area contributed by atoms with E-state index in [4.69, 9.17) is 11.6 Å². The van der Waals surface area contributed by atoms with Gasteiger partial charge in [-0.1, -0.05) is 30.7 Å². The molecule has 0 atom stereocenters. The Morgan fingerprint density at radius 1 is 1.25 bits per heavy atom. The smallest absolute Gasteiger partial charge is 0.136 e. The van der Waals surface area contributed by atoms with Crippen LogP contribution in [-0.4, -0.2) is 7.05 Å². The monoisotopic (exact) mass is 309 g/mol. The molecule has 0 unspecified atom stereocenters. The van der Waals surface area contributed by atoms with Gasteiger partial charge in [-0.3, -0.25) is 0 Å². The Balaban J connectivity index is 2.21. The third-order valence-electron chi connectivity index (χ3n) is 3.16. The van der Waals surface area contributed by atoms with Gasteiger partial charge >= 0.3 is 0 Å². The largest absolute Gasteiger partial charge is 0.388 e. The quantitative estimate of drug-likeness (QED) is 0.745. The summed E-state index contributed by atoms with van der Waals surface area (Å²) in [7, 11) is 1.86. The molecule has 0 fully saturated rings. The second-order valence-corrected chi connectivity index (χ2v) is 5.85. The summed E-state index contributed by atoms with van der Waals surface area (Å²) in [5.41, 5.74) is 3.13. The summed E-state index contributed by atoms with van der Waals surface area (Å²) >= 11 is 7.70. The van der Waals surface area contributed by atoms with E-state index in [-0.39, 0.29) is 5.82 Å². The van der Waals surface area contributed by atoms with E-state index in [9.17, 15) is 4.39 Å². The Labute approximate surface area is 128 Å². The molecule has 0 spiro atoms. The standard InChI is InChI=1S/C16H17ClFNS/c1-3-11-7-8-14(18)16(9-11)20-10-12-13(17)5-4-6-15(12)19-2/h4-9,19H,3,10H2,1-2H3. The van der Waals surface area contributed by atoms with Gasteiger partial charge in [0.25, 0.3) is 0 Å². The van der Waals surface area contributed by atoms with Crippen molar-refractivity contribution in [1.82, 2.24) is 0 Å². The lowest BCUT2D eigenvalue weighted by Crippen LogP contribution is -1.95. The van der Waals surface area contributed by atoms with Crippen LogP contribution in [-0.2, 0) is 12.2 Å². The van der Waals surface area contributed by atoms with Crippen LogP contribution in [0.2, 0.25) is 5.02 Å². The second kappa shape index (κ2) is 7.00. The van der Waals surface area contributed by atoms with E-state index in [1.54, 1.807) is 0 Å². The number of hydrogen-bond donors (Lipinski definition) is 1.